The molecule has 0 fully saturated rings. The highest BCUT2D eigenvalue weighted by molar-refractivity contribution is 6.30. The molecule has 4 heterocycles. The number of allylic oxidation sites excluding steroid dienone is 3. The number of rotatable bonds is 14. The molecule has 2 aromatic heterocycles. The SMILES string of the molecule is CCCCCC/C1=C2\C=CC(=N2)/C(c2ccc(C(=O)O)cc2)=c2/cc/c([nH]2)=C(\CCCCCC)CN/C=C(/c2ccc(C(=O)O)cc2)c2ccc1[nH]2. The van der Waals surface area contributed by atoms with E-state index < -0.39 is 11.9 Å². The van der Waals surface area contributed by atoms with Crippen molar-refractivity contribution in [3.05, 3.63) is 141 Å². The summed E-state index contributed by atoms with van der Waals surface area (Å²) in [7, 11) is 0. The molecule has 0 saturated heterocycles. The highest BCUT2D eigenvalue weighted by Gasteiger charge is 2.20. The Balaban J connectivity index is 1.55. The first-order valence-electron chi connectivity index (χ1n) is 18.6. The summed E-state index contributed by atoms with van der Waals surface area (Å²) < 4.78 is 0. The third kappa shape index (κ3) is 8.45. The first kappa shape index (κ1) is 36.2. The van der Waals surface area contributed by atoms with E-state index in [2.05, 4.69) is 65.5 Å². The summed E-state index contributed by atoms with van der Waals surface area (Å²) in [4.78, 5) is 36.1. The van der Waals surface area contributed by atoms with Gasteiger partial charge in [-0.3, -0.25) is 0 Å². The number of unbranched alkanes of at least 4 members (excludes halogenated alkanes) is 6. The Hall–Kier alpha value is -5.63. The maximum atomic E-state index is 11.7. The van der Waals surface area contributed by atoms with Gasteiger partial charge in [0.15, 0.2) is 0 Å². The predicted molar refractivity (Wildman–Crippen MR) is 210 cm³/mol. The van der Waals surface area contributed by atoms with Crippen molar-refractivity contribution in [3.8, 4) is 0 Å². The van der Waals surface area contributed by atoms with E-state index in [1.165, 1.54) is 18.4 Å². The van der Waals surface area contributed by atoms with E-state index in [0.717, 1.165) is 113 Å². The number of carboxylic acid groups (broad SMARTS) is 2. The quantitative estimate of drug-likeness (QED) is 0.0845. The number of H-pyrrole nitrogens is 2. The van der Waals surface area contributed by atoms with Crippen LogP contribution in [0.15, 0.2) is 102 Å². The zero-order chi connectivity index (χ0) is 36.5. The second kappa shape index (κ2) is 17.1. The Morgan fingerprint density at radius 1 is 0.654 bits per heavy atom. The van der Waals surface area contributed by atoms with Crippen LogP contribution in [0.1, 0.15) is 121 Å². The van der Waals surface area contributed by atoms with Crippen LogP contribution in [-0.2, 0) is 0 Å². The minimum Gasteiger partial charge on any atom is -0.478 e. The molecule has 8 heteroatoms. The molecule has 0 radical (unpaired) electrons. The number of benzene rings is 2. The number of aliphatic imine (C=N–C) groups is 1. The van der Waals surface area contributed by atoms with Gasteiger partial charge in [0, 0.05) is 51.6 Å². The zero-order valence-electron chi connectivity index (χ0n) is 30.1. The largest absolute Gasteiger partial charge is 0.478 e. The van der Waals surface area contributed by atoms with Crippen molar-refractivity contribution in [3.63, 3.8) is 0 Å². The van der Waals surface area contributed by atoms with E-state index in [0.29, 0.717) is 6.54 Å². The lowest BCUT2D eigenvalue weighted by Crippen LogP contribution is -2.22. The van der Waals surface area contributed by atoms with Crippen molar-refractivity contribution < 1.29 is 19.8 Å². The van der Waals surface area contributed by atoms with Crippen LogP contribution in [0.2, 0.25) is 0 Å². The summed E-state index contributed by atoms with van der Waals surface area (Å²) in [5.74, 6) is -1.91. The van der Waals surface area contributed by atoms with Crippen molar-refractivity contribution in [2.24, 2.45) is 4.99 Å². The van der Waals surface area contributed by atoms with Crippen LogP contribution in [0, 0.1) is 0 Å². The molecule has 268 valence electrons. The number of hydrogen-bond acceptors (Lipinski definition) is 4. The molecule has 2 aliphatic rings. The number of aromatic amines is 2. The molecule has 52 heavy (non-hydrogen) atoms. The fraction of sp³-hybridized carbons (Fsp3) is 0.295. The average molecular weight is 697 g/mol. The van der Waals surface area contributed by atoms with Gasteiger partial charge in [0.1, 0.15) is 0 Å². The van der Waals surface area contributed by atoms with Crippen molar-refractivity contribution in [2.75, 3.05) is 6.54 Å². The normalized spacial score (nSPS) is 18.8. The topological polar surface area (TPSA) is 131 Å². The molecule has 0 saturated carbocycles. The highest BCUT2D eigenvalue weighted by Crippen LogP contribution is 2.33. The molecular formula is C44H48N4O4. The van der Waals surface area contributed by atoms with Crippen molar-refractivity contribution in [1.82, 2.24) is 15.3 Å². The Morgan fingerprint density at radius 3 is 1.92 bits per heavy atom. The number of carbonyl (C=O) groups is 2. The molecule has 4 aromatic rings. The van der Waals surface area contributed by atoms with Crippen LogP contribution >= 0.6 is 0 Å². The molecule has 2 aliphatic heterocycles. The third-order valence-electron chi connectivity index (χ3n) is 9.88. The summed E-state index contributed by atoms with van der Waals surface area (Å²) in [5, 5.41) is 24.7. The van der Waals surface area contributed by atoms with Gasteiger partial charge in [-0.15, -0.1) is 0 Å². The fourth-order valence-corrected chi connectivity index (χ4v) is 6.96. The number of carboxylic acids is 2. The minimum absolute atomic E-state index is 0.241. The lowest BCUT2D eigenvalue weighted by Gasteiger charge is -2.12. The molecule has 6 rings (SSSR count). The number of fused-ring (bicyclic) bond motifs is 5. The van der Waals surface area contributed by atoms with E-state index in [9.17, 15) is 19.8 Å². The zero-order valence-corrected chi connectivity index (χ0v) is 30.1. The molecule has 0 aliphatic carbocycles. The minimum atomic E-state index is -0.956. The van der Waals surface area contributed by atoms with Gasteiger partial charge in [0.2, 0.25) is 0 Å². The van der Waals surface area contributed by atoms with Crippen molar-refractivity contribution in [1.29, 1.82) is 0 Å². The van der Waals surface area contributed by atoms with Gasteiger partial charge < -0.3 is 25.5 Å². The van der Waals surface area contributed by atoms with E-state index in [1.807, 2.05) is 30.5 Å². The second-order valence-electron chi connectivity index (χ2n) is 13.6. The average Bonchev–Trinajstić information content (AvgIpc) is 3.94. The number of nitrogens with zero attached hydrogens (tertiary/aromatic N) is 1. The summed E-state index contributed by atoms with van der Waals surface area (Å²) in [6.07, 6.45) is 17.0. The molecule has 0 spiro atoms. The van der Waals surface area contributed by atoms with E-state index >= 15 is 0 Å². The molecule has 2 aromatic carbocycles. The maximum Gasteiger partial charge on any atom is 0.335 e. The lowest BCUT2D eigenvalue weighted by molar-refractivity contribution is 0.0686. The molecular weight excluding hydrogens is 649 g/mol. The first-order valence-corrected chi connectivity index (χ1v) is 18.6. The van der Waals surface area contributed by atoms with Crippen LogP contribution in [0.4, 0.5) is 0 Å². The van der Waals surface area contributed by atoms with Gasteiger partial charge >= 0.3 is 11.9 Å². The summed E-state index contributed by atoms with van der Waals surface area (Å²) in [6, 6.07) is 22.5. The molecule has 5 N–H and O–H groups in total. The van der Waals surface area contributed by atoms with E-state index in [1.54, 1.807) is 24.3 Å². The number of aromatic carboxylic acids is 2. The van der Waals surface area contributed by atoms with E-state index in [4.69, 9.17) is 4.99 Å². The Bertz CT molecular complexity index is 2160. The summed E-state index contributed by atoms with van der Waals surface area (Å²) in [5.41, 5.74) is 10.2. The lowest BCUT2D eigenvalue weighted by atomic mass is 9.99. The Kier molecular flexibility index (Phi) is 11.9. The standard InChI is InChI=1S/C44H48N4O4/c1-3-5-7-9-11-33-27-45-28-35(29-13-17-31(18-14-29)43(49)50)39-23-22-37(47-39)34(12-10-8-6-4-2)38-24-26-41(48-38)42(40-25-21-36(33)46-40)30-15-19-32(20-16-30)44(51)52/h13-26,28,45-47H,3-12,27H2,1-2H3,(H,49,50)(H,51,52)/b35-28-,36-33-,38-34-,42-40-. The predicted octanol–water partition coefficient (Wildman–Crippen LogP) is 8.44. The Labute approximate surface area is 305 Å². The smallest absolute Gasteiger partial charge is 0.335 e. The van der Waals surface area contributed by atoms with Crippen LogP contribution < -0.4 is 16.0 Å². The van der Waals surface area contributed by atoms with Gasteiger partial charge in [-0.05, 0) is 103 Å². The van der Waals surface area contributed by atoms with Crippen molar-refractivity contribution >= 4 is 39.9 Å². The monoisotopic (exact) mass is 696 g/mol. The van der Waals surface area contributed by atoms with Crippen molar-refractivity contribution in [2.45, 2.75) is 78.1 Å². The van der Waals surface area contributed by atoms with Crippen LogP contribution in [0.3, 0.4) is 0 Å². The van der Waals surface area contributed by atoms with Crippen LogP contribution in [-0.4, -0.2) is 44.4 Å². The second-order valence-corrected chi connectivity index (χ2v) is 13.6. The van der Waals surface area contributed by atoms with Crippen LogP contribution in [0.5, 0.6) is 0 Å². The number of nitrogens with one attached hydrogen (secondary N) is 3. The van der Waals surface area contributed by atoms with Crippen LogP contribution in [0.25, 0.3) is 22.3 Å². The number of aromatic nitrogens is 2. The van der Waals surface area contributed by atoms with Gasteiger partial charge in [-0.25, -0.2) is 14.6 Å². The molecule has 0 atom stereocenters. The maximum absolute atomic E-state index is 11.7. The van der Waals surface area contributed by atoms with Gasteiger partial charge in [0.25, 0.3) is 0 Å². The third-order valence-corrected chi connectivity index (χ3v) is 9.88. The van der Waals surface area contributed by atoms with Gasteiger partial charge in [0.05, 0.1) is 22.5 Å². The number of hydrogen-bond donors (Lipinski definition) is 5. The summed E-state index contributed by atoms with van der Waals surface area (Å²) >= 11 is 0. The molecule has 6 bridgehead atoms. The first-order chi connectivity index (χ1) is 25.4. The molecule has 8 nitrogen and oxygen atoms in total. The van der Waals surface area contributed by atoms with E-state index in [-0.39, 0.29) is 11.1 Å². The van der Waals surface area contributed by atoms with Gasteiger partial charge in [-0.1, -0.05) is 76.6 Å². The molecule has 0 unspecified atom stereocenters. The Morgan fingerprint density at radius 2 is 1.27 bits per heavy atom. The molecule has 0 amide bonds. The van der Waals surface area contributed by atoms with Gasteiger partial charge in [-0.2, -0.15) is 0 Å². The highest BCUT2D eigenvalue weighted by atomic mass is 16.4. The fourth-order valence-electron chi connectivity index (χ4n) is 6.96. The summed E-state index contributed by atoms with van der Waals surface area (Å²) in [6.45, 7) is 5.05.